The van der Waals surface area contributed by atoms with Gasteiger partial charge in [0, 0.05) is 36.2 Å². The Morgan fingerprint density at radius 2 is 2.26 bits per heavy atom. The number of nitrogens with zero attached hydrogens (tertiary/aromatic N) is 2. The second kappa shape index (κ2) is 4.76. The van der Waals surface area contributed by atoms with Gasteiger partial charge in [-0.15, -0.1) is 0 Å². The van der Waals surface area contributed by atoms with E-state index < -0.39 is 0 Å². The SMILES string of the molecule is CC1C2CNCC2CN1c1cc(Br)ccc1[N+](=O)[O-]. The predicted molar refractivity (Wildman–Crippen MR) is 77.5 cm³/mol. The van der Waals surface area contributed by atoms with Crippen LogP contribution in [0.3, 0.4) is 0 Å². The summed E-state index contributed by atoms with van der Waals surface area (Å²) in [5, 5.41) is 14.6. The summed E-state index contributed by atoms with van der Waals surface area (Å²) in [6.07, 6.45) is 0. The highest BCUT2D eigenvalue weighted by molar-refractivity contribution is 9.10. The molecule has 6 heteroatoms. The van der Waals surface area contributed by atoms with Crippen molar-refractivity contribution in [3.05, 3.63) is 32.8 Å². The predicted octanol–water partition coefficient (Wildman–Crippen LogP) is 2.40. The molecule has 0 aliphatic carbocycles. The molecule has 1 aromatic carbocycles. The van der Waals surface area contributed by atoms with Crippen molar-refractivity contribution in [3.63, 3.8) is 0 Å². The monoisotopic (exact) mass is 325 g/mol. The molecule has 0 aromatic heterocycles. The fraction of sp³-hybridized carbons (Fsp3) is 0.538. The lowest BCUT2D eigenvalue weighted by Gasteiger charge is -2.26. The van der Waals surface area contributed by atoms with E-state index in [1.165, 1.54) is 0 Å². The Labute approximate surface area is 120 Å². The maximum atomic E-state index is 11.2. The first-order valence-corrected chi connectivity index (χ1v) is 7.28. The summed E-state index contributed by atoms with van der Waals surface area (Å²) >= 11 is 3.41. The summed E-state index contributed by atoms with van der Waals surface area (Å²) in [5.41, 5.74) is 0.934. The van der Waals surface area contributed by atoms with E-state index in [0.717, 1.165) is 29.8 Å². The highest BCUT2D eigenvalue weighted by atomic mass is 79.9. The van der Waals surface area contributed by atoms with E-state index in [9.17, 15) is 10.1 Å². The van der Waals surface area contributed by atoms with Crippen LogP contribution >= 0.6 is 15.9 Å². The van der Waals surface area contributed by atoms with Crippen LogP contribution in [-0.2, 0) is 0 Å². The van der Waals surface area contributed by atoms with Crippen LogP contribution < -0.4 is 10.2 Å². The van der Waals surface area contributed by atoms with E-state index in [1.54, 1.807) is 12.1 Å². The lowest BCUT2D eigenvalue weighted by atomic mass is 9.95. The average Bonchev–Trinajstić information content (AvgIpc) is 2.92. The van der Waals surface area contributed by atoms with E-state index in [4.69, 9.17) is 0 Å². The van der Waals surface area contributed by atoms with Gasteiger partial charge in [0.15, 0.2) is 0 Å². The minimum absolute atomic E-state index is 0.197. The van der Waals surface area contributed by atoms with Gasteiger partial charge in [0.1, 0.15) is 5.69 Å². The van der Waals surface area contributed by atoms with Gasteiger partial charge in [-0.05, 0) is 30.9 Å². The summed E-state index contributed by atoms with van der Waals surface area (Å²) in [6.45, 7) is 5.11. The number of hydrogen-bond donors (Lipinski definition) is 1. The highest BCUT2D eigenvalue weighted by Gasteiger charge is 2.43. The molecule has 1 aromatic rings. The molecule has 1 N–H and O–H groups in total. The summed E-state index contributed by atoms with van der Waals surface area (Å²) in [5.74, 6) is 1.20. The van der Waals surface area contributed by atoms with Gasteiger partial charge in [0.25, 0.3) is 5.69 Å². The van der Waals surface area contributed by atoms with Crippen LogP contribution in [0.4, 0.5) is 11.4 Å². The quantitative estimate of drug-likeness (QED) is 0.670. The molecule has 3 atom stereocenters. The van der Waals surface area contributed by atoms with Crippen LogP contribution in [0.25, 0.3) is 0 Å². The van der Waals surface area contributed by atoms with Crippen LogP contribution in [0.1, 0.15) is 6.92 Å². The Morgan fingerprint density at radius 3 is 2.95 bits per heavy atom. The molecule has 0 bridgehead atoms. The topological polar surface area (TPSA) is 58.4 Å². The molecule has 3 unspecified atom stereocenters. The zero-order valence-electron chi connectivity index (χ0n) is 10.7. The van der Waals surface area contributed by atoms with Gasteiger partial charge in [0.2, 0.25) is 0 Å². The third-order valence-electron chi connectivity index (χ3n) is 4.38. The standard InChI is InChI=1S/C13H16BrN3O2/c1-8-11-6-15-5-9(11)7-16(8)13-4-10(14)2-3-12(13)17(18)19/h2-4,8-9,11,15H,5-7H2,1H3. The van der Waals surface area contributed by atoms with Gasteiger partial charge < -0.3 is 10.2 Å². The van der Waals surface area contributed by atoms with Crippen molar-refractivity contribution >= 4 is 27.3 Å². The first-order valence-electron chi connectivity index (χ1n) is 6.49. The molecule has 102 valence electrons. The number of nitrogens with one attached hydrogen (secondary N) is 1. The lowest BCUT2D eigenvalue weighted by molar-refractivity contribution is -0.384. The summed E-state index contributed by atoms with van der Waals surface area (Å²) in [6, 6.07) is 5.51. The smallest absolute Gasteiger partial charge is 0.292 e. The van der Waals surface area contributed by atoms with Crippen LogP contribution in [-0.4, -0.2) is 30.6 Å². The van der Waals surface area contributed by atoms with Gasteiger partial charge in [-0.1, -0.05) is 15.9 Å². The van der Waals surface area contributed by atoms with E-state index in [1.807, 2.05) is 6.07 Å². The molecular weight excluding hydrogens is 310 g/mol. The zero-order valence-corrected chi connectivity index (χ0v) is 12.3. The van der Waals surface area contributed by atoms with E-state index in [0.29, 0.717) is 17.9 Å². The van der Waals surface area contributed by atoms with Crippen molar-refractivity contribution in [2.24, 2.45) is 11.8 Å². The maximum Gasteiger partial charge on any atom is 0.292 e. The number of halogens is 1. The number of rotatable bonds is 2. The van der Waals surface area contributed by atoms with Crippen molar-refractivity contribution in [1.82, 2.24) is 5.32 Å². The Balaban J connectivity index is 1.98. The molecule has 0 spiro atoms. The van der Waals surface area contributed by atoms with Crippen molar-refractivity contribution in [2.45, 2.75) is 13.0 Å². The highest BCUT2D eigenvalue weighted by Crippen LogP contribution is 2.40. The molecule has 2 saturated heterocycles. The number of nitro groups is 1. The summed E-state index contributed by atoms with van der Waals surface area (Å²) in [4.78, 5) is 13.1. The van der Waals surface area contributed by atoms with Crippen LogP contribution in [0.15, 0.2) is 22.7 Å². The van der Waals surface area contributed by atoms with E-state index in [2.05, 4.69) is 33.1 Å². The van der Waals surface area contributed by atoms with Crippen molar-refractivity contribution in [1.29, 1.82) is 0 Å². The van der Waals surface area contributed by atoms with Crippen molar-refractivity contribution < 1.29 is 4.92 Å². The summed E-state index contributed by atoms with van der Waals surface area (Å²) in [7, 11) is 0. The Hall–Kier alpha value is -1.14. The first-order chi connectivity index (χ1) is 9.08. The van der Waals surface area contributed by atoms with Gasteiger partial charge in [-0.3, -0.25) is 10.1 Å². The molecule has 5 nitrogen and oxygen atoms in total. The fourth-order valence-electron chi connectivity index (χ4n) is 3.37. The second-order valence-corrected chi connectivity index (χ2v) is 6.28. The van der Waals surface area contributed by atoms with Crippen LogP contribution in [0.2, 0.25) is 0 Å². The van der Waals surface area contributed by atoms with Crippen LogP contribution in [0, 0.1) is 22.0 Å². The first kappa shape index (κ1) is 12.9. The molecule has 3 rings (SSSR count). The van der Waals surface area contributed by atoms with Crippen LogP contribution in [0.5, 0.6) is 0 Å². The van der Waals surface area contributed by atoms with Gasteiger partial charge >= 0.3 is 0 Å². The molecule has 0 radical (unpaired) electrons. The minimum Gasteiger partial charge on any atom is -0.363 e. The van der Waals surface area contributed by atoms with E-state index >= 15 is 0 Å². The molecule has 2 aliphatic heterocycles. The third-order valence-corrected chi connectivity index (χ3v) is 4.87. The maximum absolute atomic E-state index is 11.2. The number of benzene rings is 1. The normalized spacial score (nSPS) is 29.6. The van der Waals surface area contributed by atoms with Gasteiger partial charge in [-0.2, -0.15) is 0 Å². The molecule has 2 aliphatic rings. The van der Waals surface area contributed by atoms with E-state index in [-0.39, 0.29) is 10.6 Å². The fourth-order valence-corrected chi connectivity index (χ4v) is 3.72. The Bertz CT molecular complexity index is 523. The molecule has 19 heavy (non-hydrogen) atoms. The number of fused-ring (bicyclic) bond motifs is 1. The molecular formula is C13H16BrN3O2. The second-order valence-electron chi connectivity index (χ2n) is 5.37. The Morgan fingerprint density at radius 1 is 1.47 bits per heavy atom. The average molecular weight is 326 g/mol. The number of nitro benzene ring substituents is 1. The number of hydrogen-bond acceptors (Lipinski definition) is 4. The molecule has 2 heterocycles. The lowest BCUT2D eigenvalue weighted by Crippen LogP contribution is -2.33. The van der Waals surface area contributed by atoms with Crippen molar-refractivity contribution in [3.8, 4) is 0 Å². The minimum atomic E-state index is -0.291. The van der Waals surface area contributed by atoms with Gasteiger partial charge in [-0.25, -0.2) is 0 Å². The zero-order chi connectivity index (χ0) is 13.6. The number of anilines is 1. The molecule has 0 saturated carbocycles. The molecule has 2 fully saturated rings. The molecule has 0 amide bonds. The third kappa shape index (κ3) is 2.12. The Kier molecular flexibility index (Phi) is 3.22. The van der Waals surface area contributed by atoms with Gasteiger partial charge in [0.05, 0.1) is 4.92 Å². The summed E-state index contributed by atoms with van der Waals surface area (Å²) < 4.78 is 0.885. The van der Waals surface area contributed by atoms with Crippen molar-refractivity contribution in [2.75, 3.05) is 24.5 Å². The largest absolute Gasteiger partial charge is 0.363 e.